The molecule has 0 fully saturated rings. The minimum absolute atomic E-state index is 0.251. The molecule has 31 heavy (non-hydrogen) atoms. The Balaban J connectivity index is 1.64. The summed E-state index contributed by atoms with van der Waals surface area (Å²) < 4.78 is 7.17. The van der Waals surface area contributed by atoms with E-state index in [1.807, 2.05) is 48.7 Å². The molecule has 0 aliphatic heterocycles. The maximum absolute atomic E-state index is 12.7. The molecule has 2 aromatic carbocycles. The fraction of sp³-hybridized carbons (Fsp3) is 0.167. The summed E-state index contributed by atoms with van der Waals surface area (Å²) in [7, 11) is 0. The number of benzene rings is 2. The number of Topliss-reactive ketones (excluding diaryl/α,β-unsaturated/α-hetero) is 1. The van der Waals surface area contributed by atoms with Gasteiger partial charge in [-0.05, 0) is 56.3 Å². The molecule has 0 radical (unpaired) electrons. The van der Waals surface area contributed by atoms with Crippen LogP contribution in [-0.2, 0) is 9.53 Å². The van der Waals surface area contributed by atoms with Crippen LogP contribution in [0.4, 0.5) is 5.69 Å². The van der Waals surface area contributed by atoms with E-state index in [1.54, 1.807) is 12.1 Å². The van der Waals surface area contributed by atoms with Crippen molar-refractivity contribution in [2.75, 3.05) is 11.9 Å². The Morgan fingerprint density at radius 3 is 2.35 bits per heavy atom. The summed E-state index contributed by atoms with van der Waals surface area (Å²) in [4.78, 5) is 36.4. The molecule has 0 aliphatic carbocycles. The second-order valence-electron chi connectivity index (χ2n) is 6.92. The summed E-state index contributed by atoms with van der Waals surface area (Å²) in [6.07, 6.45) is -0.253. The number of ketones is 1. The molecular formula is C24H21N3O4. The van der Waals surface area contributed by atoms with Crippen molar-refractivity contribution in [1.82, 2.24) is 4.57 Å². The molecule has 3 aromatic rings. The third kappa shape index (κ3) is 5.06. The van der Waals surface area contributed by atoms with Crippen LogP contribution in [-0.4, -0.2) is 28.8 Å². The number of nitriles is 1. The van der Waals surface area contributed by atoms with E-state index in [2.05, 4.69) is 5.32 Å². The fourth-order valence-corrected chi connectivity index (χ4v) is 3.28. The molecule has 1 aromatic heterocycles. The Morgan fingerprint density at radius 2 is 1.71 bits per heavy atom. The predicted molar refractivity (Wildman–Crippen MR) is 115 cm³/mol. The van der Waals surface area contributed by atoms with E-state index in [4.69, 9.17) is 10.00 Å². The number of aromatic nitrogens is 1. The number of nitrogens with one attached hydrogen (secondary N) is 1. The summed E-state index contributed by atoms with van der Waals surface area (Å²) in [5.74, 6) is -1.36. The van der Waals surface area contributed by atoms with Gasteiger partial charge in [0.25, 0.3) is 0 Å². The number of esters is 1. The summed E-state index contributed by atoms with van der Waals surface area (Å²) in [6, 6.07) is 19.3. The van der Waals surface area contributed by atoms with E-state index in [-0.39, 0.29) is 24.4 Å². The topological polar surface area (TPSA) is 101 Å². The smallest absolute Gasteiger partial charge is 0.338 e. The minimum Gasteiger partial charge on any atom is -0.454 e. The van der Waals surface area contributed by atoms with Crippen molar-refractivity contribution in [2.24, 2.45) is 0 Å². The predicted octanol–water partition coefficient (Wildman–Crippen LogP) is 3.99. The number of ether oxygens (including phenoxy) is 1. The molecule has 0 atom stereocenters. The van der Waals surface area contributed by atoms with Gasteiger partial charge in [0.05, 0.1) is 11.6 Å². The Morgan fingerprint density at radius 1 is 1.03 bits per heavy atom. The number of para-hydroxylation sites is 1. The molecule has 1 N–H and O–H groups in total. The van der Waals surface area contributed by atoms with Crippen LogP contribution in [0.2, 0.25) is 0 Å². The highest BCUT2D eigenvalue weighted by molar-refractivity contribution is 6.00. The average molecular weight is 415 g/mol. The van der Waals surface area contributed by atoms with Crippen LogP contribution in [0.5, 0.6) is 0 Å². The molecule has 0 saturated heterocycles. The molecule has 0 saturated carbocycles. The molecule has 0 unspecified atom stereocenters. The second-order valence-corrected chi connectivity index (χ2v) is 6.92. The lowest BCUT2D eigenvalue weighted by molar-refractivity contribution is -0.115. The van der Waals surface area contributed by atoms with Gasteiger partial charge in [-0.1, -0.05) is 18.2 Å². The highest BCUT2D eigenvalue weighted by Crippen LogP contribution is 2.21. The van der Waals surface area contributed by atoms with Crippen LogP contribution in [0.3, 0.4) is 0 Å². The first-order valence-electron chi connectivity index (χ1n) is 9.62. The van der Waals surface area contributed by atoms with Crippen LogP contribution >= 0.6 is 0 Å². The number of anilines is 1. The number of rotatable bonds is 7. The molecule has 0 aliphatic rings. The largest absolute Gasteiger partial charge is 0.454 e. The Bertz CT molecular complexity index is 1160. The van der Waals surface area contributed by atoms with E-state index in [0.29, 0.717) is 11.3 Å². The van der Waals surface area contributed by atoms with Gasteiger partial charge in [-0.25, -0.2) is 4.79 Å². The first-order chi connectivity index (χ1) is 14.9. The monoisotopic (exact) mass is 415 g/mol. The summed E-state index contributed by atoms with van der Waals surface area (Å²) >= 11 is 0. The number of amides is 1. The first-order valence-corrected chi connectivity index (χ1v) is 9.62. The van der Waals surface area contributed by atoms with Crippen LogP contribution in [0.1, 0.15) is 38.5 Å². The van der Waals surface area contributed by atoms with Crippen molar-refractivity contribution in [3.63, 3.8) is 0 Å². The average Bonchev–Trinajstić information content (AvgIpc) is 3.07. The third-order valence-corrected chi connectivity index (χ3v) is 4.72. The highest BCUT2D eigenvalue weighted by atomic mass is 16.5. The van der Waals surface area contributed by atoms with Gasteiger partial charge in [0.2, 0.25) is 11.7 Å². The highest BCUT2D eigenvalue weighted by Gasteiger charge is 2.18. The Labute approximate surface area is 179 Å². The zero-order valence-electron chi connectivity index (χ0n) is 17.2. The van der Waals surface area contributed by atoms with Crippen molar-refractivity contribution in [3.05, 3.63) is 83.2 Å². The molecule has 1 heterocycles. The van der Waals surface area contributed by atoms with Crippen LogP contribution in [0, 0.1) is 25.2 Å². The fourth-order valence-electron chi connectivity index (χ4n) is 3.28. The van der Waals surface area contributed by atoms with E-state index < -0.39 is 11.9 Å². The van der Waals surface area contributed by atoms with Crippen molar-refractivity contribution in [2.45, 2.75) is 20.3 Å². The lowest BCUT2D eigenvalue weighted by Crippen LogP contribution is -2.15. The molecule has 0 bridgehead atoms. The number of hydrogen-bond acceptors (Lipinski definition) is 5. The molecule has 7 nitrogen and oxygen atoms in total. The van der Waals surface area contributed by atoms with Gasteiger partial charge in [-0.15, -0.1) is 0 Å². The van der Waals surface area contributed by atoms with Crippen LogP contribution in [0.15, 0.2) is 60.7 Å². The van der Waals surface area contributed by atoms with Gasteiger partial charge >= 0.3 is 5.97 Å². The normalized spacial score (nSPS) is 10.2. The van der Waals surface area contributed by atoms with Crippen LogP contribution in [0.25, 0.3) is 5.69 Å². The summed E-state index contributed by atoms with van der Waals surface area (Å²) in [5.41, 5.74) is 3.86. The first kappa shape index (κ1) is 21.5. The van der Waals surface area contributed by atoms with Crippen molar-refractivity contribution < 1.29 is 19.1 Å². The zero-order valence-corrected chi connectivity index (χ0v) is 17.2. The minimum atomic E-state index is -0.639. The maximum atomic E-state index is 12.7. The molecule has 7 heteroatoms. The quantitative estimate of drug-likeness (QED) is 0.464. The SMILES string of the molecule is Cc1cc(C(=O)COC(=O)c2ccc(NC(=O)CC#N)cc2)c(C)n1-c1ccccc1. The van der Waals surface area contributed by atoms with Gasteiger partial charge < -0.3 is 14.6 Å². The number of aryl methyl sites for hydroxylation is 1. The third-order valence-electron chi connectivity index (χ3n) is 4.72. The standard InChI is InChI=1S/C24H21N3O4/c1-16-14-21(17(2)27(16)20-6-4-3-5-7-20)22(28)15-31-24(30)18-8-10-19(11-9-18)26-23(29)12-13-25/h3-11,14H,12,15H2,1-2H3,(H,26,29). The molecule has 1 amide bonds. The summed E-state index contributed by atoms with van der Waals surface area (Å²) in [5, 5.41) is 11.0. The number of nitrogens with zero attached hydrogens (tertiary/aromatic N) is 2. The van der Waals surface area contributed by atoms with Gasteiger partial charge in [-0.2, -0.15) is 5.26 Å². The van der Waals surface area contributed by atoms with Crippen molar-refractivity contribution in [1.29, 1.82) is 5.26 Å². The molecule has 0 spiro atoms. The maximum Gasteiger partial charge on any atom is 0.338 e. The number of carbonyl (C=O) groups excluding carboxylic acids is 3. The molecule has 156 valence electrons. The van der Waals surface area contributed by atoms with E-state index in [0.717, 1.165) is 17.1 Å². The van der Waals surface area contributed by atoms with E-state index in [9.17, 15) is 14.4 Å². The van der Waals surface area contributed by atoms with E-state index >= 15 is 0 Å². The Kier molecular flexibility index (Phi) is 6.63. The van der Waals surface area contributed by atoms with Crippen LogP contribution < -0.4 is 5.32 Å². The summed E-state index contributed by atoms with van der Waals surface area (Å²) in [6.45, 7) is 3.40. The lowest BCUT2D eigenvalue weighted by atomic mass is 10.1. The van der Waals surface area contributed by atoms with Gasteiger partial charge in [-0.3, -0.25) is 9.59 Å². The second kappa shape index (κ2) is 9.55. The zero-order chi connectivity index (χ0) is 22.4. The number of carbonyl (C=O) groups is 3. The molecule has 3 rings (SSSR count). The number of hydrogen-bond donors (Lipinski definition) is 1. The van der Waals surface area contributed by atoms with Crippen molar-refractivity contribution in [3.8, 4) is 11.8 Å². The molecular weight excluding hydrogens is 394 g/mol. The van der Waals surface area contributed by atoms with Gasteiger partial charge in [0.1, 0.15) is 6.42 Å². The van der Waals surface area contributed by atoms with Gasteiger partial charge in [0.15, 0.2) is 6.61 Å². The lowest BCUT2D eigenvalue weighted by Gasteiger charge is -2.10. The van der Waals surface area contributed by atoms with E-state index in [1.165, 1.54) is 24.3 Å². The van der Waals surface area contributed by atoms with Crippen molar-refractivity contribution >= 4 is 23.3 Å². The van der Waals surface area contributed by atoms with Gasteiger partial charge in [0, 0.05) is 28.3 Å². The Hall–Kier alpha value is -4.18.